The minimum atomic E-state index is 0.691. The van der Waals surface area contributed by atoms with Gasteiger partial charge in [-0.1, -0.05) is 12.1 Å². The predicted molar refractivity (Wildman–Crippen MR) is 94.5 cm³/mol. The van der Waals surface area contributed by atoms with E-state index in [-0.39, 0.29) is 0 Å². The van der Waals surface area contributed by atoms with Crippen LogP contribution in [0.5, 0.6) is 0 Å². The summed E-state index contributed by atoms with van der Waals surface area (Å²) in [6.45, 7) is 5.68. The summed E-state index contributed by atoms with van der Waals surface area (Å²) >= 11 is 9.01. The molecule has 0 spiro atoms. The van der Waals surface area contributed by atoms with Crippen molar-refractivity contribution in [3.63, 3.8) is 0 Å². The van der Waals surface area contributed by atoms with Gasteiger partial charge in [-0.2, -0.15) is 5.10 Å². The standard InChI is InChI=1S/C15H19BrN4S/c1-4-20-14(13(16)9-17-20)10-19(3)15(21)18-12-7-5-6-11(2)8-12/h5-9H,4,10H2,1-3H3,(H,18,21). The number of aryl methyl sites for hydroxylation is 2. The van der Waals surface area contributed by atoms with Crippen LogP contribution in [0.2, 0.25) is 0 Å². The normalized spacial score (nSPS) is 10.5. The van der Waals surface area contributed by atoms with Crippen molar-refractivity contribution < 1.29 is 0 Å². The molecule has 1 aromatic carbocycles. The van der Waals surface area contributed by atoms with Gasteiger partial charge in [0.2, 0.25) is 0 Å². The summed E-state index contributed by atoms with van der Waals surface area (Å²) in [5, 5.41) is 8.28. The number of anilines is 1. The van der Waals surface area contributed by atoms with Gasteiger partial charge in [-0.15, -0.1) is 0 Å². The second-order valence-electron chi connectivity index (χ2n) is 4.91. The van der Waals surface area contributed by atoms with Crippen LogP contribution in [0, 0.1) is 6.92 Å². The van der Waals surface area contributed by atoms with Crippen LogP contribution in [0.1, 0.15) is 18.2 Å². The van der Waals surface area contributed by atoms with E-state index in [1.165, 1.54) is 5.56 Å². The maximum Gasteiger partial charge on any atom is 0.173 e. The first kappa shape index (κ1) is 16.0. The molecule has 0 atom stereocenters. The number of benzene rings is 1. The van der Waals surface area contributed by atoms with Crippen molar-refractivity contribution in [3.05, 3.63) is 46.2 Å². The van der Waals surface area contributed by atoms with Crippen molar-refractivity contribution in [2.75, 3.05) is 12.4 Å². The summed E-state index contributed by atoms with van der Waals surface area (Å²) in [4.78, 5) is 2.01. The maximum absolute atomic E-state index is 5.47. The Morgan fingerprint density at radius 2 is 2.24 bits per heavy atom. The fraction of sp³-hybridized carbons (Fsp3) is 0.333. The predicted octanol–water partition coefficient (Wildman–Crippen LogP) is 3.80. The average molecular weight is 367 g/mol. The lowest BCUT2D eigenvalue weighted by Crippen LogP contribution is -2.31. The highest BCUT2D eigenvalue weighted by molar-refractivity contribution is 9.10. The Kier molecular flexibility index (Phi) is 5.36. The molecule has 1 N–H and O–H groups in total. The van der Waals surface area contributed by atoms with Crippen molar-refractivity contribution >= 4 is 38.9 Å². The molecule has 0 aliphatic rings. The van der Waals surface area contributed by atoms with Gasteiger partial charge in [0.05, 0.1) is 22.9 Å². The first-order chi connectivity index (χ1) is 10.0. The number of aromatic nitrogens is 2. The smallest absolute Gasteiger partial charge is 0.173 e. The fourth-order valence-corrected chi connectivity index (χ4v) is 2.66. The van der Waals surface area contributed by atoms with Crippen LogP contribution in [0.4, 0.5) is 5.69 Å². The number of nitrogens with one attached hydrogen (secondary N) is 1. The van der Waals surface area contributed by atoms with Crippen LogP contribution in [0.25, 0.3) is 0 Å². The minimum absolute atomic E-state index is 0.691. The third kappa shape index (κ3) is 4.04. The molecule has 2 rings (SSSR count). The highest BCUT2D eigenvalue weighted by Crippen LogP contribution is 2.18. The molecule has 0 radical (unpaired) electrons. The molecule has 21 heavy (non-hydrogen) atoms. The minimum Gasteiger partial charge on any atom is -0.346 e. The van der Waals surface area contributed by atoms with Crippen LogP contribution >= 0.6 is 28.1 Å². The zero-order chi connectivity index (χ0) is 15.4. The molecule has 1 aromatic heterocycles. The third-order valence-corrected chi connectivity index (χ3v) is 4.28. The van der Waals surface area contributed by atoms with E-state index in [0.29, 0.717) is 11.7 Å². The van der Waals surface area contributed by atoms with Crippen LogP contribution in [0.15, 0.2) is 34.9 Å². The quantitative estimate of drug-likeness (QED) is 0.834. The number of halogens is 1. The number of rotatable bonds is 4. The number of thiocarbonyl (C=S) groups is 1. The maximum atomic E-state index is 5.47. The molecule has 2 aromatic rings. The van der Waals surface area contributed by atoms with E-state index in [1.807, 2.05) is 35.0 Å². The van der Waals surface area contributed by atoms with E-state index in [0.717, 1.165) is 22.4 Å². The molecule has 112 valence electrons. The Labute approximate surface area is 139 Å². The molecule has 0 amide bonds. The summed E-state index contributed by atoms with van der Waals surface area (Å²) in [5.41, 5.74) is 3.33. The summed E-state index contributed by atoms with van der Waals surface area (Å²) in [6.07, 6.45) is 1.82. The van der Waals surface area contributed by atoms with Gasteiger partial charge >= 0.3 is 0 Å². The van der Waals surface area contributed by atoms with E-state index in [1.54, 1.807) is 0 Å². The Morgan fingerprint density at radius 1 is 1.48 bits per heavy atom. The van der Waals surface area contributed by atoms with Crippen LogP contribution < -0.4 is 5.32 Å². The average Bonchev–Trinajstić information content (AvgIpc) is 2.79. The van der Waals surface area contributed by atoms with E-state index < -0.39 is 0 Å². The van der Waals surface area contributed by atoms with Crippen molar-refractivity contribution in [1.82, 2.24) is 14.7 Å². The van der Waals surface area contributed by atoms with Gasteiger partial charge in [0, 0.05) is 19.3 Å². The zero-order valence-corrected chi connectivity index (χ0v) is 14.8. The summed E-state index contributed by atoms with van der Waals surface area (Å²) < 4.78 is 2.98. The molecule has 1 heterocycles. The summed E-state index contributed by atoms with van der Waals surface area (Å²) in [5.74, 6) is 0. The lowest BCUT2D eigenvalue weighted by molar-refractivity contribution is 0.470. The largest absolute Gasteiger partial charge is 0.346 e. The lowest BCUT2D eigenvalue weighted by Gasteiger charge is -2.22. The zero-order valence-electron chi connectivity index (χ0n) is 12.4. The van der Waals surface area contributed by atoms with Gasteiger partial charge in [-0.25, -0.2) is 0 Å². The Balaban J connectivity index is 2.04. The molecule has 4 nitrogen and oxygen atoms in total. The van der Waals surface area contributed by atoms with Crippen LogP contribution in [-0.4, -0.2) is 26.8 Å². The number of hydrogen-bond acceptors (Lipinski definition) is 2. The summed E-state index contributed by atoms with van der Waals surface area (Å²) in [7, 11) is 1.98. The Bertz CT molecular complexity index is 638. The van der Waals surface area contributed by atoms with Gasteiger partial charge in [0.1, 0.15) is 0 Å². The molecule has 6 heteroatoms. The van der Waals surface area contributed by atoms with Gasteiger partial charge < -0.3 is 10.2 Å². The third-order valence-electron chi connectivity index (χ3n) is 3.20. The van der Waals surface area contributed by atoms with Gasteiger partial charge in [-0.05, 0) is 59.7 Å². The van der Waals surface area contributed by atoms with Crippen molar-refractivity contribution in [3.8, 4) is 0 Å². The first-order valence-electron chi connectivity index (χ1n) is 6.80. The topological polar surface area (TPSA) is 33.1 Å². The van der Waals surface area contributed by atoms with Gasteiger partial charge in [-0.3, -0.25) is 4.68 Å². The van der Waals surface area contributed by atoms with E-state index in [9.17, 15) is 0 Å². The SMILES string of the molecule is CCn1ncc(Br)c1CN(C)C(=S)Nc1cccc(C)c1. The van der Waals surface area contributed by atoms with Crippen molar-refractivity contribution in [1.29, 1.82) is 0 Å². The second kappa shape index (κ2) is 7.04. The second-order valence-corrected chi connectivity index (χ2v) is 6.15. The monoisotopic (exact) mass is 366 g/mol. The molecular weight excluding hydrogens is 348 g/mol. The number of nitrogens with zero attached hydrogens (tertiary/aromatic N) is 3. The highest BCUT2D eigenvalue weighted by atomic mass is 79.9. The van der Waals surface area contributed by atoms with Crippen LogP contribution in [0.3, 0.4) is 0 Å². The highest BCUT2D eigenvalue weighted by Gasteiger charge is 2.12. The number of hydrogen-bond donors (Lipinski definition) is 1. The summed E-state index contributed by atoms with van der Waals surface area (Å²) in [6, 6.07) is 8.17. The Hall–Kier alpha value is -1.40. The first-order valence-corrected chi connectivity index (χ1v) is 8.00. The van der Waals surface area contributed by atoms with Gasteiger partial charge in [0.15, 0.2) is 5.11 Å². The van der Waals surface area contributed by atoms with E-state index >= 15 is 0 Å². The Morgan fingerprint density at radius 3 is 2.90 bits per heavy atom. The fourth-order valence-electron chi connectivity index (χ4n) is 2.06. The molecule has 0 fully saturated rings. The molecule has 0 saturated carbocycles. The molecular formula is C15H19BrN4S. The van der Waals surface area contributed by atoms with E-state index in [4.69, 9.17) is 12.2 Å². The molecule has 0 bridgehead atoms. The van der Waals surface area contributed by atoms with Crippen molar-refractivity contribution in [2.24, 2.45) is 0 Å². The van der Waals surface area contributed by atoms with Crippen LogP contribution in [-0.2, 0) is 13.1 Å². The van der Waals surface area contributed by atoms with Gasteiger partial charge in [0.25, 0.3) is 0 Å². The van der Waals surface area contributed by atoms with E-state index in [2.05, 4.69) is 52.3 Å². The van der Waals surface area contributed by atoms with Crippen molar-refractivity contribution in [2.45, 2.75) is 26.9 Å². The molecule has 0 unspecified atom stereocenters. The molecule has 0 aliphatic carbocycles. The lowest BCUT2D eigenvalue weighted by atomic mass is 10.2. The molecule has 0 saturated heterocycles. The molecule has 0 aliphatic heterocycles.